The van der Waals surface area contributed by atoms with Crippen molar-refractivity contribution >= 4 is 104 Å². The van der Waals surface area contributed by atoms with E-state index in [0.29, 0.717) is 0 Å². The SMILES string of the molecule is CC.CC1(C)c2ccccc2-c2ccc(N(c3ccc(-c4ccccc4)cc3)c3ccc(-c4ccc5c(c4)c4ccccc4n5-c4ccccc4)cc3)cc21.N#CC(C#N)=c1c(F)c(F)c2c(F)c(=C(C#N)C#N)c(F)c(F)c2c1F.c1ccc(-c2ccc(-n3c4ccccc4c4cc(-c5ccc6c(c5)c5ccccc5n6-c5ccc(-c6ccccc6)cc5)ccc43)cc2)cc1. The summed E-state index contributed by atoms with van der Waals surface area (Å²) in [6, 6.07) is 145. The summed E-state index contributed by atoms with van der Waals surface area (Å²) in [5.41, 5.74) is 29.0. The number of rotatable bonds is 11. The monoisotopic (exact) mass is 1710 g/mol. The third kappa shape index (κ3) is 14.7. The molecule has 0 amide bonds. The second kappa shape index (κ2) is 34.9. The normalized spacial score (nSPS) is 11.6. The van der Waals surface area contributed by atoms with Crippen molar-refractivity contribution < 1.29 is 26.3 Å². The van der Waals surface area contributed by atoms with E-state index in [1.54, 1.807) is 0 Å². The molecule has 14 heteroatoms. The predicted molar refractivity (Wildman–Crippen MR) is 519 cm³/mol. The molecule has 8 nitrogen and oxygen atoms in total. The van der Waals surface area contributed by atoms with E-state index in [4.69, 9.17) is 21.0 Å². The van der Waals surface area contributed by atoms with Crippen molar-refractivity contribution in [1.29, 1.82) is 21.0 Å². The van der Waals surface area contributed by atoms with Gasteiger partial charge < -0.3 is 18.6 Å². The molecule has 21 aromatic rings. The average molecular weight is 1710 g/mol. The van der Waals surface area contributed by atoms with E-state index in [9.17, 15) is 26.3 Å². The fourth-order valence-corrected chi connectivity index (χ4v) is 18.5. The van der Waals surface area contributed by atoms with Gasteiger partial charge >= 0.3 is 0 Å². The number of benzene rings is 18. The van der Waals surface area contributed by atoms with Gasteiger partial charge in [-0.25, -0.2) is 26.3 Å². The van der Waals surface area contributed by atoms with Gasteiger partial charge in [0, 0.05) is 71.9 Å². The van der Waals surface area contributed by atoms with Gasteiger partial charge in [0.1, 0.15) is 47.1 Å². The number of aromatic nitrogens is 3. The molecule has 3 heterocycles. The molecule has 22 rings (SSSR count). The predicted octanol–water partition coefficient (Wildman–Crippen LogP) is 29.9. The number of nitriles is 4. The molecular weight excluding hydrogens is 1630 g/mol. The van der Waals surface area contributed by atoms with Crippen LogP contribution in [0.1, 0.15) is 38.8 Å². The van der Waals surface area contributed by atoms with E-state index in [2.05, 4.69) is 421 Å². The first-order valence-corrected chi connectivity index (χ1v) is 42.9. The molecular formula is C117H76F6N8. The largest absolute Gasteiger partial charge is 0.310 e. The standard InChI is InChI=1S/C51H38N2.C48H32N2.C16F6N4.C2H6/c1-51(2)47-19-11-9-17-43(47)44-31-30-42(34-48(44)51)52(40-26-21-36(22-27-40)35-13-5-3-6-14-35)41-28-23-37(24-29-41)38-25-32-50-46(33-38)45-18-10-12-20-49(45)53(50)39-15-7-4-8-16-39;1-3-11-33(12-4-1)35-19-25-39(26-20-35)49-45-17-9-7-15-41(45)43-31-37(23-29-47(43)49)38-24-30-48-44(32-38)42-16-8-10-18-46(42)50(48)40-27-21-36(22-28-40)34-13-5-2-6-14-34;17-11-7(5(1-23)2-24)13(19)15(21)10-9(11)16(22)14(20)8(12(10)18)6(3-25)4-26;1-2/h3-34H,1-2H3;1-32H;;1-2H3. The molecule has 0 saturated carbocycles. The Labute approximate surface area is 751 Å². The Balaban J connectivity index is 0.000000133. The van der Waals surface area contributed by atoms with Gasteiger partial charge in [-0.3, -0.25) is 0 Å². The Morgan fingerprint density at radius 2 is 0.519 bits per heavy atom. The Bertz CT molecular complexity index is 8080. The van der Waals surface area contributed by atoms with Crippen LogP contribution >= 0.6 is 0 Å². The molecule has 0 radical (unpaired) electrons. The van der Waals surface area contributed by atoms with Crippen LogP contribution in [0, 0.1) is 80.2 Å². The highest BCUT2D eigenvalue weighted by Gasteiger charge is 2.36. The highest BCUT2D eigenvalue weighted by atomic mass is 19.2. The first-order chi connectivity index (χ1) is 64.1. The molecule has 131 heavy (non-hydrogen) atoms. The number of anilines is 3. The van der Waals surface area contributed by atoms with E-state index in [-0.39, 0.29) is 5.41 Å². The maximum Gasteiger partial charge on any atom is 0.171 e. The molecule has 0 spiro atoms. The van der Waals surface area contributed by atoms with Crippen molar-refractivity contribution in [2.24, 2.45) is 0 Å². The van der Waals surface area contributed by atoms with Gasteiger partial charge in [0.15, 0.2) is 23.3 Å². The molecule has 0 saturated heterocycles. The molecule has 0 atom stereocenters. The van der Waals surface area contributed by atoms with E-state index in [1.165, 1.54) is 149 Å². The summed E-state index contributed by atoms with van der Waals surface area (Å²) in [5.74, 6) is -13.0. The zero-order chi connectivity index (χ0) is 90.3. The summed E-state index contributed by atoms with van der Waals surface area (Å²) >= 11 is 0. The number of fused-ring (bicyclic) bond motifs is 13. The Hall–Kier alpha value is -17.3. The second-order valence-corrected chi connectivity index (χ2v) is 32.2. The lowest BCUT2D eigenvalue weighted by molar-refractivity contribution is 0.471. The average Bonchev–Trinajstić information content (AvgIpc) is 1.63. The first-order valence-electron chi connectivity index (χ1n) is 42.9. The van der Waals surface area contributed by atoms with Gasteiger partial charge in [-0.2, -0.15) is 21.0 Å². The van der Waals surface area contributed by atoms with Crippen molar-refractivity contribution in [2.45, 2.75) is 33.1 Å². The van der Waals surface area contributed by atoms with Crippen LogP contribution in [0.15, 0.2) is 388 Å². The number of hydrogen-bond donors (Lipinski definition) is 0. The molecule has 3 aromatic heterocycles. The van der Waals surface area contributed by atoms with Gasteiger partial charge in [-0.1, -0.05) is 289 Å². The maximum atomic E-state index is 14.4. The summed E-state index contributed by atoms with van der Waals surface area (Å²) in [6.45, 7) is 8.70. The van der Waals surface area contributed by atoms with Crippen LogP contribution in [0.4, 0.5) is 43.4 Å². The minimum absolute atomic E-state index is 0.0864. The van der Waals surface area contributed by atoms with E-state index in [1.807, 2.05) is 13.8 Å². The van der Waals surface area contributed by atoms with Gasteiger partial charge in [-0.05, 0) is 205 Å². The lowest BCUT2D eigenvalue weighted by Crippen LogP contribution is -2.25. The molecule has 626 valence electrons. The van der Waals surface area contributed by atoms with E-state index < -0.39 is 67.3 Å². The van der Waals surface area contributed by atoms with Crippen molar-refractivity contribution in [1.82, 2.24) is 13.7 Å². The molecule has 0 bridgehead atoms. The van der Waals surface area contributed by atoms with Crippen LogP contribution in [-0.4, -0.2) is 13.7 Å². The van der Waals surface area contributed by atoms with Crippen molar-refractivity contribution in [3.8, 4) is 108 Å². The summed E-state index contributed by atoms with van der Waals surface area (Å²) in [7, 11) is 0. The topological polar surface area (TPSA) is 113 Å². The second-order valence-electron chi connectivity index (χ2n) is 32.2. The van der Waals surface area contributed by atoms with Crippen LogP contribution in [0.3, 0.4) is 0 Å². The van der Waals surface area contributed by atoms with Gasteiger partial charge in [0.05, 0.1) is 54.3 Å². The summed E-state index contributed by atoms with van der Waals surface area (Å²) in [5, 5.41) is 35.6. The number of hydrogen-bond acceptors (Lipinski definition) is 5. The van der Waals surface area contributed by atoms with Gasteiger partial charge in [0.2, 0.25) is 0 Å². The zero-order valence-electron chi connectivity index (χ0n) is 71.3. The number of halogens is 6. The molecule has 1 aliphatic rings. The summed E-state index contributed by atoms with van der Waals surface area (Å²) < 4.78 is 92.5. The van der Waals surface area contributed by atoms with Crippen molar-refractivity contribution in [3.63, 3.8) is 0 Å². The fourth-order valence-electron chi connectivity index (χ4n) is 18.5. The quantitative estimate of drug-likeness (QED) is 0.0945. The maximum absolute atomic E-state index is 14.4. The third-order valence-electron chi connectivity index (χ3n) is 24.7. The van der Waals surface area contributed by atoms with Crippen LogP contribution in [-0.2, 0) is 5.41 Å². The first kappa shape index (κ1) is 83.3. The lowest BCUT2D eigenvalue weighted by atomic mass is 9.82. The summed E-state index contributed by atoms with van der Waals surface area (Å²) in [6.07, 6.45) is 0. The smallest absolute Gasteiger partial charge is 0.171 e. The summed E-state index contributed by atoms with van der Waals surface area (Å²) in [4.78, 5) is 2.40. The Morgan fingerprint density at radius 1 is 0.244 bits per heavy atom. The van der Waals surface area contributed by atoms with Crippen LogP contribution in [0.25, 0.3) is 171 Å². The lowest BCUT2D eigenvalue weighted by Gasteiger charge is -2.28. The molecule has 0 unspecified atom stereocenters. The Kier molecular flexibility index (Phi) is 22.2. The molecule has 0 fully saturated rings. The van der Waals surface area contributed by atoms with Crippen molar-refractivity contribution in [2.75, 3.05) is 4.90 Å². The minimum atomic E-state index is -2.23. The van der Waals surface area contributed by atoms with Crippen molar-refractivity contribution in [3.05, 3.63) is 445 Å². The Morgan fingerprint density at radius 3 is 0.893 bits per heavy atom. The molecule has 0 aliphatic heterocycles. The molecule has 0 N–H and O–H groups in total. The third-order valence-corrected chi connectivity index (χ3v) is 24.7. The molecule has 18 aromatic carbocycles. The fraction of sp³-hybridized carbons (Fsp3) is 0.0427. The highest BCUT2D eigenvalue weighted by Crippen LogP contribution is 2.52. The van der Waals surface area contributed by atoms with Crippen LogP contribution in [0.5, 0.6) is 0 Å². The van der Waals surface area contributed by atoms with E-state index >= 15 is 0 Å². The highest BCUT2D eigenvalue weighted by molar-refractivity contribution is 6.14. The van der Waals surface area contributed by atoms with Gasteiger partial charge in [0.25, 0.3) is 0 Å². The number of nitrogens with zero attached hydrogens (tertiary/aromatic N) is 8. The van der Waals surface area contributed by atoms with Crippen LogP contribution in [0.2, 0.25) is 0 Å². The van der Waals surface area contributed by atoms with E-state index in [0.717, 1.165) is 52.7 Å². The van der Waals surface area contributed by atoms with Crippen LogP contribution < -0.4 is 15.3 Å². The van der Waals surface area contributed by atoms with Gasteiger partial charge in [-0.15, -0.1) is 0 Å². The number of para-hydroxylation sites is 4. The molecule has 1 aliphatic carbocycles. The zero-order valence-corrected chi connectivity index (χ0v) is 71.3. The minimum Gasteiger partial charge on any atom is -0.310 e.